The van der Waals surface area contributed by atoms with Crippen LogP contribution in [0.3, 0.4) is 0 Å². The molecular weight excluding hydrogens is 631 g/mol. The van der Waals surface area contributed by atoms with E-state index < -0.39 is 23.5 Å². The number of hydrogen-bond donors (Lipinski definition) is 5. The zero-order valence-corrected chi connectivity index (χ0v) is 26.5. The molecule has 0 atom stereocenters. The molecular formula is C32H34ClFN8O5. The molecule has 1 aliphatic rings. The van der Waals surface area contributed by atoms with Crippen LogP contribution >= 0.6 is 11.6 Å². The van der Waals surface area contributed by atoms with Crippen molar-refractivity contribution in [1.29, 1.82) is 0 Å². The summed E-state index contributed by atoms with van der Waals surface area (Å²) in [4.78, 5) is 57.4. The van der Waals surface area contributed by atoms with Crippen LogP contribution in [0.15, 0.2) is 60.9 Å². The topological polar surface area (TPSA) is 163 Å². The summed E-state index contributed by atoms with van der Waals surface area (Å²) in [7, 11) is 3.28. The van der Waals surface area contributed by atoms with Gasteiger partial charge in [-0.1, -0.05) is 11.6 Å². The third-order valence-electron chi connectivity index (χ3n) is 7.67. The predicted molar refractivity (Wildman–Crippen MR) is 174 cm³/mol. The highest BCUT2D eigenvalue weighted by molar-refractivity contribution is 6.30. The Hall–Kier alpha value is -5.05. The highest BCUT2D eigenvalue weighted by Gasteiger charge is 2.20. The first-order chi connectivity index (χ1) is 22.5. The molecule has 5 rings (SSSR count). The average Bonchev–Trinajstić information content (AvgIpc) is 3.59. The van der Waals surface area contributed by atoms with Crippen molar-refractivity contribution in [3.63, 3.8) is 0 Å². The van der Waals surface area contributed by atoms with Crippen molar-refractivity contribution in [2.45, 2.75) is 18.9 Å². The first-order valence-corrected chi connectivity index (χ1v) is 15.2. The van der Waals surface area contributed by atoms with Gasteiger partial charge in [-0.2, -0.15) is 0 Å². The van der Waals surface area contributed by atoms with Crippen LogP contribution in [0.4, 0.5) is 21.6 Å². The van der Waals surface area contributed by atoms with Crippen LogP contribution in [0.2, 0.25) is 5.02 Å². The number of imidazole rings is 1. The second-order valence-electron chi connectivity index (χ2n) is 11.2. The maximum atomic E-state index is 14.1. The van der Waals surface area contributed by atoms with E-state index in [1.807, 2.05) is 0 Å². The smallest absolute Gasteiger partial charge is 0.287 e. The van der Waals surface area contributed by atoms with Gasteiger partial charge in [0, 0.05) is 68.9 Å². The molecule has 0 saturated carbocycles. The average molecular weight is 665 g/mol. The molecule has 2 aromatic heterocycles. The Morgan fingerprint density at radius 3 is 2.28 bits per heavy atom. The van der Waals surface area contributed by atoms with E-state index >= 15 is 0 Å². The number of aliphatic hydroxyl groups is 1. The Morgan fingerprint density at radius 2 is 1.57 bits per heavy atom. The summed E-state index contributed by atoms with van der Waals surface area (Å²) in [5.41, 5.74) is 1.03. The Labute approximate surface area is 274 Å². The molecule has 3 heterocycles. The van der Waals surface area contributed by atoms with Gasteiger partial charge < -0.3 is 40.4 Å². The zero-order valence-electron chi connectivity index (χ0n) is 25.7. The molecule has 0 bridgehead atoms. The third-order valence-corrected chi connectivity index (χ3v) is 7.90. The first kappa shape index (κ1) is 33.3. The molecule has 0 spiro atoms. The summed E-state index contributed by atoms with van der Waals surface area (Å²) in [5, 5.41) is 20.6. The second-order valence-corrected chi connectivity index (χ2v) is 11.6. The van der Waals surface area contributed by atoms with Gasteiger partial charge in [0.25, 0.3) is 23.6 Å². The van der Waals surface area contributed by atoms with Crippen molar-refractivity contribution in [2.75, 3.05) is 42.1 Å². The molecule has 1 saturated heterocycles. The van der Waals surface area contributed by atoms with Crippen LogP contribution in [0, 0.1) is 5.82 Å². The third kappa shape index (κ3) is 8.41. The lowest BCUT2D eigenvalue weighted by Gasteiger charge is -2.29. The Kier molecular flexibility index (Phi) is 10.3. The number of halogens is 2. The summed E-state index contributed by atoms with van der Waals surface area (Å²) in [5.74, 6) is -2.41. The summed E-state index contributed by atoms with van der Waals surface area (Å²) in [6, 6.07) is 11.3. The van der Waals surface area contributed by atoms with Gasteiger partial charge >= 0.3 is 0 Å². The van der Waals surface area contributed by atoms with Crippen molar-refractivity contribution in [2.24, 2.45) is 14.1 Å². The van der Waals surface area contributed by atoms with E-state index in [1.54, 1.807) is 26.2 Å². The van der Waals surface area contributed by atoms with Crippen molar-refractivity contribution in [3.8, 4) is 0 Å². The summed E-state index contributed by atoms with van der Waals surface area (Å²) in [6.45, 7) is 2.67. The van der Waals surface area contributed by atoms with Crippen LogP contribution in [0.5, 0.6) is 0 Å². The number of benzene rings is 2. The molecule has 4 amide bonds. The molecule has 2 aromatic carbocycles. The lowest BCUT2D eigenvalue weighted by molar-refractivity contribution is 0.0801. The van der Waals surface area contributed by atoms with Gasteiger partial charge in [-0.3, -0.25) is 19.2 Å². The number of carbonyl (C=O) groups is 4. The maximum absolute atomic E-state index is 14.1. The molecule has 13 nitrogen and oxygen atoms in total. The van der Waals surface area contributed by atoms with Crippen molar-refractivity contribution in [3.05, 3.63) is 94.4 Å². The summed E-state index contributed by atoms with van der Waals surface area (Å²) < 4.78 is 17.2. The number of hydrogen-bond acceptors (Lipinski definition) is 7. The number of piperidine rings is 1. The van der Waals surface area contributed by atoms with Gasteiger partial charge in [-0.15, -0.1) is 0 Å². The molecule has 0 radical (unpaired) electrons. The Morgan fingerprint density at radius 1 is 0.872 bits per heavy atom. The van der Waals surface area contributed by atoms with E-state index in [2.05, 4.69) is 31.2 Å². The highest BCUT2D eigenvalue weighted by atomic mass is 35.5. The van der Waals surface area contributed by atoms with Gasteiger partial charge in [0.05, 0.1) is 17.4 Å². The molecule has 0 aliphatic carbocycles. The lowest BCUT2D eigenvalue weighted by atomic mass is 10.1. The molecule has 0 unspecified atom stereocenters. The lowest BCUT2D eigenvalue weighted by Crippen LogP contribution is -2.41. The van der Waals surface area contributed by atoms with Crippen molar-refractivity contribution in [1.82, 2.24) is 24.3 Å². The second kappa shape index (κ2) is 14.6. The normalized spacial score (nSPS) is 13.6. The number of rotatable bonds is 10. The van der Waals surface area contributed by atoms with E-state index in [0.29, 0.717) is 24.3 Å². The predicted octanol–water partition coefficient (Wildman–Crippen LogP) is 3.49. The van der Waals surface area contributed by atoms with E-state index in [4.69, 9.17) is 11.6 Å². The number of aryl methyl sites for hydroxylation is 2. The van der Waals surface area contributed by atoms with Gasteiger partial charge in [0.15, 0.2) is 5.82 Å². The fourth-order valence-corrected chi connectivity index (χ4v) is 5.27. The number of amides is 4. The molecule has 1 aliphatic heterocycles. The van der Waals surface area contributed by atoms with Crippen molar-refractivity contribution < 1.29 is 28.7 Å². The quantitative estimate of drug-likeness (QED) is 0.173. The van der Waals surface area contributed by atoms with Crippen LogP contribution in [0.25, 0.3) is 0 Å². The van der Waals surface area contributed by atoms with Gasteiger partial charge in [-0.05, 0) is 61.4 Å². The first-order valence-electron chi connectivity index (χ1n) is 14.8. The van der Waals surface area contributed by atoms with Crippen LogP contribution < -0.4 is 21.3 Å². The van der Waals surface area contributed by atoms with Crippen LogP contribution in [-0.2, 0) is 14.1 Å². The van der Waals surface area contributed by atoms with Crippen LogP contribution in [0.1, 0.15) is 54.7 Å². The molecule has 15 heteroatoms. The van der Waals surface area contributed by atoms with Gasteiger partial charge in [0.2, 0.25) is 5.82 Å². The maximum Gasteiger partial charge on any atom is 0.287 e. The van der Waals surface area contributed by atoms with E-state index in [9.17, 15) is 28.7 Å². The highest BCUT2D eigenvalue weighted by Crippen LogP contribution is 2.20. The van der Waals surface area contributed by atoms with E-state index in [0.717, 1.165) is 32.0 Å². The van der Waals surface area contributed by atoms with Crippen LogP contribution in [-0.4, -0.2) is 80.0 Å². The fraction of sp³-hybridized carbons (Fsp3) is 0.281. The number of carbonyl (C=O) groups excluding carboxylic acids is 4. The standard InChI is InChI=1S/C32H34ClFN8O5/c1-40-17-22(37-30(45)24-8-5-20(33)15-25(24)34)16-26(40)31(46)36-21-6-3-19(4-7-21)29(44)39-27-18-41(2)28(38-27)32(47)35-11-14-42-12-9-23(43)10-13-42/h3-8,15-18,23,43H,9-14H2,1-2H3,(H,35,47)(H,36,46)(H,37,45)(H,39,44). The molecule has 47 heavy (non-hydrogen) atoms. The van der Waals surface area contributed by atoms with E-state index in [-0.39, 0.29) is 45.6 Å². The Bertz CT molecular complexity index is 1800. The molecule has 4 aromatic rings. The molecule has 5 N–H and O–H groups in total. The van der Waals surface area contributed by atoms with E-state index in [1.165, 1.54) is 51.9 Å². The van der Waals surface area contributed by atoms with Gasteiger partial charge in [-0.25, -0.2) is 9.37 Å². The number of anilines is 3. The molecule has 1 fully saturated rings. The largest absolute Gasteiger partial charge is 0.393 e. The minimum Gasteiger partial charge on any atom is -0.393 e. The minimum absolute atomic E-state index is 0.146. The number of nitrogens with one attached hydrogen (secondary N) is 4. The summed E-state index contributed by atoms with van der Waals surface area (Å²) in [6.07, 6.45) is 4.25. The fourth-order valence-electron chi connectivity index (χ4n) is 5.11. The molecule has 246 valence electrons. The number of likely N-dealkylation sites (tertiary alicyclic amines) is 1. The van der Waals surface area contributed by atoms with Gasteiger partial charge in [0.1, 0.15) is 11.5 Å². The SMILES string of the molecule is Cn1cc(NC(=O)c2ccc(Cl)cc2F)cc1C(=O)Nc1ccc(C(=O)Nc2cn(C)c(C(=O)NCCN3CCC(O)CC3)n2)cc1. The minimum atomic E-state index is -0.768. The Balaban J connectivity index is 1.12. The monoisotopic (exact) mass is 664 g/mol. The number of aliphatic hydroxyl groups excluding tert-OH is 1. The number of aromatic nitrogens is 3. The summed E-state index contributed by atoms with van der Waals surface area (Å²) >= 11 is 5.75. The van der Waals surface area contributed by atoms with Crippen molar-refractivity contribution >= 4 is 52.4 Å². The number of nitrogens with zero attached hydrogens (tertiary/aromatic N) is 4. The zero-order chi connectivity index (χ0) is 33.7.